The molecule has 1 amide bonds. The van der Waals surface area contributed by atoms with E-state index in [0.29, 0.717) is 5.92 Å². The van der Waals surface area contributed by atoms with Crippen molar-refractivity contribution in [2.24, 2.45) is 5.92 Å². The van der Waals surface area contributed by atoms with Crippen LogP contribution in [0.2, 0.25) is 0 Å². The van der Waals surface area contributed by atoms with E-state index in [2.05, 4.69) is 0 Å². The van der Waals surface area contributed by atoms with Gasteiger partial charge < -0.3 is 10.0 Å². The molecule has 1 aliphatic rings. The van der Waals surface area contributed by atoms with Gasteiger partial charge >= 0.3 is 0 Å². The number of carbonyl (C=O) groups is 1. The Morgan fingerprint density at radius 1 is 1.50 bits per heavy atom. The second-order valence-electron chi connectivity index (χ2n) is 4.17. The fraction of sp³-hybridized carbons (Fsp3) is 0.909. The van der Waals surface area contributed by atoms with Crippen LogP contribution in [-0.2, 0) is 4.79 Å². The van der Waals surface area contributed by atoms with Gasteiger partial charge in [-0.2, -0.15) is 0 Å². The van der Waals surface area contributed by atoms with Gasteiger partial charge in [0.05, 0.1) is 6.10 Å². The first-order chi connectivity index (χ1) is 6.65. The van der Waals surface area contributed by atoms with Crippen molar-refractivity contribution in [2.75, 3.05) is 13.1 Å². The molecular weight excluding hydrogens is 178 g/mol. The largest absolute Gasteiger partial charge is 0.393 e. The molecule has 1 fully saturated rings. The fourth-order valence-electron chi connectivity index (χ4n) is 2.16. The number of carbonyl (C=O) groups excluding carboxylic acids is 1. The van der Waals surface area contributed by atoms with Crippen LogP contribution in [0, 0.1) is 5.92 Å². The maximum atomic E-state index is 11.2. The first kappa shape index (κ1) is 11.5. The van der Waals surface area contributed by atoms with Gasteiger partial charge in [0.25, 0.3) is 0 Å². The Kier molecular flexibility index (Phi) is 4.39. The molecule has 82 valence electrons. The Morgan fingerprint density at radius 3 is 2.79 bits per heavy atom. The molecule has 3 heteroatoms. The fourth-order valence-corrected chi connectivity index (χ4v) is 2.16. The van der Waals surface area contributed by atoms with Crippen LogP contribution in [0.1, 0.15) is 39.5 Å². The van der Waals surface area contributed by atoms with Gasteiger partial charge in [0, 0.05) is 20.0 Å². The van der Waals surface area contributed by atoms with Crippen molar-refractivity contribution in [2.45, 2.75) is 45.6 Å². The van der Waals surface area contributed by atoms with Crippen LogP contribution >= 0.6 is 0 Å². The van der Waals surface area contributed by atoms with Crippen LogP contribution in [-0.4, -0.2) is 35.1 Å². The lowest BCUT2D eigenvalue weighted by Gasteiger charge is -2.20. The summed E-state index contributed by atoms with van der Waals surface area (Å²) in [5, 5.41) is 9.73. The lowest BCUT2D eigenvalue weighted by molar-refractivity contribution is -0.128. The highest BCUT2D eigenvalue weighted by Crippen LogP contribution is 2.22. The second-order valence-corrected chi connectivity index (χ2v) is 4.17. The van der Waals surface area contributed by atoms with Crippen LogP contribution in [0.3, 0.4) is 0 Å². The molecule has 0 aromatic heterocycles. The number of hydrogen-bond acceptors (Lipinski definition) is 2. The van der Waals surface area contributed by atoms with Crippen molar-refractivity contribution in [1.82, 2.24) is 4.90 Å². The van der Waals surface area contributed by atoms with Crippen molar-refractivity contribution in [3.63, 3.8) is 0 Å². The van der Waals surface area contributed by atoms with E-state index < -0.39 is 0 Å². The highest BCUT2D eigenvalue weighted by Gasteiger charge is 2.22. The highest BCUT2D eigenvalue weighted by atomic mass is 16.3. The summed E-state index contributed by atoms with van der Waals surface area (Å²) in [5.41, 5.74) is 0. The normalized spacial score (nSPS) is 25.6. The summed E-state index contributed by atoms with van der Waals surface area (Å²) < 4.78 is 0. The number of rotatable bonds is 2. The van der Waals surface area contributed by atoms with Gasteiger partial charge in [0.15, 0.2) is 0 Å². The molecule has 0 spiro atoms. The number of aliphatic hydroxyl groups excluding tert-OH is 1. The number of aliphatic hydroxyl groups is 1. The Labute approximate surface area is 86.1 Å². The summed E-state index contributed by atoms with van der Waals surface area (Å²) in [6.07, 6.45) is 3.68. The molecule has 1 saturated heterocycles. The van der Waals surface area contributed by atoms with Crippen molar-refractivity contribution >= 4 is 5.91 Å². The molecular formula is C11H21NO2. The summed E-state index contributed by atoms with van der Waals surface area (Å²) in [7, 11) is 0. The van der Waals surface area contributed by atoms with Crippen LogP contribution in [0.4, 0.5) is 0 Å². The number of nitrogens with zero attached hydrogens (tertiary/aromatic N) is 1. The average molecular weight is 199 g/mol. The minimum absolute atomic E-state index is 0.164. The van der Waals surface area contributed by atoms with Crippen molar-refractivity contribution in [1.29, 1.82) is 0 Å². The van der Waals surface area contributed by atoms with E-state index in [0.717, 1.165) is 38.8 Å². The molecule has 0 aromatic rings. The Balaban J connectivity index is 2.44. The SMILES string of the molecule is CCC(O)C1CCCN(C(C)=O)CC1. The van der Waals surface area contributed by atoms with Gasteiger partial charge in [-0.25, -0.2) is 0 Å². The molecule has 1 rings (SSSR count). The maximum Gasteiger partial charge on any atom is 0.219 e. The number of amides is 1. The van der Waals surface area contributed by atoms with Gasteiger partial charge in [-0.15, -0.1) is 0 Å². The quantitative estimate of drug-likeness (QED) is 0.730. The molecule has 2 unspecified atom stereocenters. The molecule has 0 bridgehead atoms. The Hall–Kier alpha value is -0.570. The Bertz CT molecular complexity index is 194. The van der Waals surface area contributed by atoms with Gasteiger partial charge in [0.2, 0.25) is 5.91 Å². The van der Waals surface area contributed by atoms with E-state index in [1.54, 1.807) is 6.92 Å². The summed E-state index contributed by atoms with van der Waals surface area (Å²) in [6.45, 7) is 5.31. The van der Waals surface area contributed by atoms with Gasteiger partial charge in [-0.05, 0) is 31.6 Å². The molecule has 14 heavy (non-hydrogen) atoms. The van der Waals surface area contributed by atoms with Crippen LogP contribution in [0.25, 0.3) is 0 Å². The summed E-state index contributed by atoms with van der Waals surface area (Å²) in [6, 6.07) is 0. The van der Waals surface area contributed by atoms with Crippen molar-refractivity contribution in [3.05, 3.63) is 0 Å². The van der Waals surface area contributed by atoms with Gasteiger partial charge in [0.1, 0.15) is 0 Å². The van der Waals surface area contributed by atoms with E-state index in [-0.39, 0.29) is 12.0 Å². The lowest BCUT2D eigenvalue weighted by Crippen LogP contribution is -2.30. The minimum atomic E-state index is -0.179. The predicted octanol–water partition coefficient (Wildman–Crippen LogP) is 1.41. The summed E-state index contributed by atoms with van der Waals surface area (Å²) in [5.74, 6) is 0.556. The number of hydrogen-bond donors (Lipinski definition) is 1. The zero-order valence-electron chi connectivity index (χ0n) is 9.20. The zero-order chi connectivity index (χ0) is 10.6. The molecule has 1 heterocycles. The third kappa shape index (κ3) is 2.98. The van der Waals surface area contributed by atoms with E-state index in [1.807, 2.05) is 11.8 Å². The summed E-state index contributed by atoms with van der Waals surface area (Å²) in [4.78, 5) is 13.1. The zero-order valence-corrected chi connectivity index (χ0v) is 9.20. The molecule has 2 atom stereocenters. The second kappa shape index (κ2) is 5.35. The third-order valence-corrected chi connectivity index (χ3v) is 3.18. The molecule has 3 nitrogen and oxygen atoms in total. The third-order valence-electron chi connectivity index (χ3n) is 3.18. The lowest BCUT2D eigenvalue weighted by atomic mass is 9.93. The first-order valence-corrected chi connectivity index (χ1v) is 5.58. The highest BCUT2D eigenvalue weighted by molar-refractivity contribution is 5.73. The number of likely N-dealkylation sites (tertiary alicyclic amines) is 1. The standard InChI is InChI=1S/C11H21NO2/c1-3-11(14)10-5-4-7-12(8-6-10)9(2)13/h10-11,14H,3-8H2,1-2H3. The predicted molar refractivity (Wildman–Crippen MR) is 55.9 cm³/mol. The first-order valence-electron chi connectivity index (χ1n) is 5.58. The van der Waals surface area contributed by atoms with Crippen LogP contribution in [0.5, 0.6) is 0 Å². The van der Waals surface area contributed by atoms with E-state index in [4.69, 9.17) is 0 Å². The van der Waals surface area contributed by atoms with E-state index >= 15 is 0 Å². The maximum absolute atomic E-state index is 11.2. The monoisotopic (exact) mass is 199 g/mol. The van der Waals surface area contributed by atoms with Crippen LogP contribution in [0.15, 0.2) is 0 Å². The molecule has 0 aromatic carbocycles. The molecule has 0 saturated carbocycles. The minimum Gasteiger partial charge on any atom is -0.393 e. The molecule has 0 aliphatic carbocycles. The molecule has 1 N–H and O–H groups in total. The summed E-state index contributed by atoms with van der Waals surface area (Å²) >= 11 is 0. The smallest absolute Gasteiger partial charge is 0.219 e. The Morgan fingerprint density at radius 2 is 2.21 bits per heavy atom. The van der Waals surface area contributed by atoms with Crippen molar-refractivity contribution in [3.8, 4) is 0 Å². The van der Waals surface area contributed by atoms with Crippen molar-refractivity contribution < 1.29 is 9.90 Å². The van der Waals surface area contributed by atoms with Gasteiger partial charge in [-0.3, -0.25) is 4.79 Å². The topological polar surface area (TPSA) is 40.5 Å². The average Bonchev–Trinajstić information content (AvgIpc) is 2.41. The molecule has 1 aliphatic heterocycles. The van der Waals surface area contributed by atoms with E-state index in [9.17, 15) is 9.90 Å². The van der Waals surface area contributed by atoms with E-state index in [1.165, 1.54) is 0 Å². The van der Waals surface area contributed by atoms with Gasteiger partial charge in [-0.1, -0.05) is 6.92 Å². The molecule has 0 radical (unpaired) electrons. The van der Waals surface area contributed by atoms with Crippen LogP contribution < -0.4 is 0 Å².